The standard InChI is InChI=1S/C27H28F4O2/c1-2-33-15-19-9-12-21(25(29)24(19)28)16-3-5-17(6-4-16)22-13-14-23(27(31)26(22)30)18-7-10-20(32)11-8-18/h7-13,16-17,23,32H,2-6,14-15H2,1H3. The molecule has 1 N–H and O–H groups in total. The first-order chi connectivity index (χ1) is 15.9. The van der Waals surface area contributed by atoms with Crippen LogP contribution >= 0.6 is 0 Å². The van der Waals surface area contributed by atoms with Crippen molar-refractivity contribution in [1.82, 2.24) is 0 Å². The highest BCUT2D eigenvalue weighted by Crippen LogP contribution is 2.46. The minimum Gasteiger partial charge on any atom is -0.508 e. The van der Waals surface area contributed by atoms with Crippen LogP contribution in [-0.2, 0) is 11.3 Å². The van der Waals surface area contributed by atoms with Crippen LogP contribution in [0.15, 0.2) is 59.7 Å². The van der Waals surface area contributed by atoms with Crippen molar-refractivity contribution in [3.63, 3.8) is 0 Å². The Hall–Kier alpha value is -2.60. The van der Waals surface area contributed by atoms with Crippen LogP contribution in [-0.4, -0.2) is 11.7 Å². The monoisotopic (exact) mass is 460 g/mol. The summed E-state index contributed by atoms with van der Waals surface area (Å²) in [5, 5.41) is 9.43. The van der Waals surface area contributed by atoms with Crippen LogP contribution in [0.25, 0.3) is 0 Å². The number of aromatic hydroxyl groups is 1. The molecule has 0 aromatic heterocycles. The lowest BCUT2D eigenvalue weighted by atomic mass is 9.73. The Labute approximate surface area is 191 Å². The summed E-state index contributed by atoms with van der Waals surface area (Å²) in [6, 6.07) is 9.33. The smallest absolute Gasteiger partial charge is 0.164 e. The number of phenolic OH excluding ortho intramolecular Hbond substituents is 1. The Balaban J connectivity index is 1.43. The van der Waals surface area contributed by atoms with E-state index in [0.717, 1.165) is 0 Å². The molecule has 176 valence electrons. The topological polar surface area (TPSA) is 29.5 Å². The summed E-state index contributed by atoms with van der Waals surface area (Å²) in [5.74, 6) is -4.19. The Morgan fingerprint density at radius 2 is 1.55 bits per heavy atom. The molecule has 1 fully saturated rings. The van der Waals surface area contributed by atoms with Gasteiger partial charge in [0, 0.05) is 18.1 Å². The van der Waals surface area contributed by atoms with Gasteiger partial charge in [-0.3, -0.25) is 0 Å². The highest BCUT2D eigenvalue weighted by Gasteiger charge is 2.33. The minimum atomic E-state index is -0.866. The molecule has 1 atom stereocenters. The quantitative estimate of drug-likeness (QED) is 0.447. The van der Waals surface area contributed by atoms with Crippen molar-refractivity contribution in [3.05, 3.63) is 88.0 Å². The molecule has 6 heteroatoms. The van der Waals surface area contributed by atoms with Gasteiger partial charge in [0.05, 0.1) is 6.61 Å². The summed E-state index contributed by atoms with van der Waals surface area (Å²) in [6.07, 6.45) is 4.45. The largest absolute Gasteiger partial charge is 0.508 e. The highest BCUT2D eigenvalue weighted by atomic mass is 19.2. The van der Waals surface area contributed by atoms with Crippen molar-refractivity contribution >= 4 is 0 Å². The summed E-state index contributed by atoms with van der Waals surface area (Å²) >= 11 is 0. The van der Waals surface area contributed by atoms with Crippen LogP contribution in [0.4, 0.5) is 17.6 Å². The van der Waals surface area contributed by atoms with Crippen molar-refractivity contribution in [2.45, 2.75) is 57.5 Å². The number of hydrogen-bond acceptors (Lipinski definition) is 2. The van der Waals surface area contributed by atoms with E-state index in [9.17, 15) is 22.7 Å². The van der Waals surface area contributed by atoms with E-state index in [1.807, 2.05) is 0 Å². The van der Waals surface area contributed by atoms with Gasteiger partial charge in [-0.25, -0.2) is 17.6 Å². The zero-order valence-electron chi connectivity index (χ0n) is 18.6. The Bertz CT molecular complexity index is 1050. The number of halogens is 4. The Morgan fingerprint density at radius 1 is 0.879 bits per heavy atom. The SMILES string of the molecule is CCOCc1ccc(C2CCC(C3=CCC(c4ccc(O)cc4)C(F)=C3F)CC2)c(F)c1F. The zero-order valence-corrected chi connectivity index (χ0v) is 18.6. The molecular weight excluding hydrogens is 432 g/mol. The minimum absolute atomic E-state index is 0.0305. The van der Waals surface area contributed by atoms with Crippen LogP contribution in [0.5, 0.6) is 5.75 Å². The van der Waals surface area contributed by atoms with Crippen LogP contribution in [0, 0.1) is 17.6 Å². The second-order valence-corrected chi connectivity index (χ2v) is 8.83. The maximum absolute atomic E-state index is 15.0. The molecule has 0 saturated heterocycles. The van der Waals surface area contributed by atoms with Gasteiger partial charge in [0.15, 0.2) is 17.5 Å². The maximum atomic E-state index is 15.0. The van der Waals surface area contributed by atoms with Crippen molar-refractivity contribution in [1.29, 1.82) is 0 Å². The molecule has 2 aromatic rings. The van der Waals surface area contributed by atoms with Gasteiger partial charge in [0.25, 0.3) is 0 Å². The van der Waals surface area contributed by atoms with Gasteiger partial charge in [0.1, 0.15) is 11.6 Å². The third-order valence-electron chi connectivity index (χ3n) is 6.90. The molecule has 0 spiro atoms. The van der Waals surface area contributed by atoms with Crippen molar-refractivity contribution in [2.24, 2.45) is 5.92 Å². The average Bonchev–Trinajstić information content (AvgIpc) is 2.83. The van der Waals surface area contributed by atoms with Gasteiger partial charge in [-0.15, -0.1) is 0 Å². The maximum Gasteiger partial charge on any atom is 0.164 e. The summed E-state index contributed by atoms with van der Waals surface area (Å²) in [4.78, 5) is 0. The first-order valence-electron chi connectivity index (χ1n) is 11.5. The van der Waals surface area contributed by atoms with Gasteiger partial charge in [-0.2, -0.15) is 0 Å². The molecule has 0 heterocycles. The molecule has 0 aliphatic heterocycles. The Kier molecular flexibility index (Phi) is 7.23. The highest BCUT2D eigenvalue weighted by molar-refractivity contribution is 5.42. The lowest BCUT2D eigenvalue weighted by Gasteiger charge is -2.32. The normalized spacial score (nSPS) is 23.5. The van der Waals surface area contributed by atoms with Crippen LogP contribution in [0.1, 0.15) is 67.6 Å². The molecule has 1 unspecified atom stereocenters. The summed E-state index contributed by atoms with van der Waals surface area (Å²) < 4.78 is 64.2. The number of phenols is 1. The molecule has 0 radical (unpaired) electrons. The molecular formula is C27H28F4O2. The first kappa shape index (κ1) is 23.6. The average molecular weight is 461 g/mol. The van der Waals surface area contributed by atoms with E-state index in [4.69, 9.17) is 4.74 Å². The van der Waals surface area contributed by atoms with E-state index in [1.54, 1.807) is 37.3 Å². The van der Waals surface area contributed by atoms with E-state index >= 15 is 0 Å². The number of ether oxygens (including phenoxy) is 1. The first-order valence-corrected chi connectivity index (χ1v) is 11.5. The van der Waals surface area contributed by atoms with Crippen LogP contribution in [0.2, 0.25) is 0 Å². The zero-order chi connectivity index (χ0) is 23.5. The van der Waals surface area contributed by atoms with Crippen molar-refractivity contribution in [2.75, 3.05) is 6.61 Å². The molecule has 1 saturated carbocycles. The second kappa shape index (κ2) is 10.1. The van der Waals surface area contributed by atoms with E-state index < -0.39 is 29.2 Å². The number of hydrogen-bond donors (Lipinski definition) is 1. The lowest BCUT2D eigenvalue weighted by Crippen LogP contribution is -2.19. The molecule has 33 heavy (non-hydrogen) atoms. The molecule has 2 aromatic carbocycles. The third kappa shape index (κ3) is 4.86. The predicted octanol–water partition coefficient (Wildman–Crippen LogP) is 7.75. The molecule has 2 nitrogen and oxygen atoms in total. The molecule has 2 aliphatic rings. The molecule has 0 amide bonds. The van der Waals surface area contributed by atoms with E-state index in [-0.39, 0.29) is 29.8 Å². The van der Waals surface area contributed by atoms with Crippen LogP contribution in [0.3, 0.4) is 0 Å². The fraction of sp³-hybridized carbons (Fsp3) is 0.407. The van der Waals surface area contributed by atoms with Crippen LogP contribution < -0.4 is 0 Å². The van der Waals surface area contributed by atoms with Crippen molar-refractivity contribution in [3.8, 4) is 5.75 Å². The second-order valence-electron chi connectivity index (χ2n) is 8.83. The number of allylic oxidation sites excluding steroid dienone is 4. The van der Waals surface area contributed by atoms with Gasteiger partial charge in [-0.1, -0.05) is 30.3 Å². The van der Waals surface area contributed by atoms with E-state index in [1.165, 1.54) is 12.1 Å². The molecule has 4 rings (SSSR count). The third-order valence-corrected chi connectivity index (χ3v) is 6.90. The lowest BCUT2D eigenvalue weighted by molar-refractivity contribution is 0.131. The fourth-order valence-electron chi connectivity index (χ4n) is 5.02. The fourth-order valence-corrected chi connectivity index (χ4v) is 5.02. The molecule has 0 bridgehead atoms. The number of rotatable bonds is 6. The number of benzene rings is 2. The van der Waals surface area contributed by atoms with Gasteiger partial charge < -0.3 is 9.84 Å². The van der Waals surface area contributed by atoms with E-state index in [0.29, 0.717) is 55.4 Å². The summed E-state index contributed by atoms with van der Waals surface area (Å²) in [7, 11) is 0. The Morgan fingerprint density at radius 3 is 2.21 bits per heavy atom. The summed E-state index contributed by atoms with van der Waals surface area (Å²) in [6.45, 7) is 2.24. The van der Waals surface area contributed by atoms with Gasteiger partial charge in [0.2, 0.25) is 0 Å². The van der Waals surface area contributed by atoms with E-state index in [2.05, 4.69) is 0 Å². The van der Waals surface area contributed by atoms with Gasteiger partial charge >= 0.3 is 0 Å². The molecule has 2 aliphatic carbocycles. The predicted molar refractivity (Wildman–Crippen MR) is 119 cm³/mol. The van der Waals surface area contributed by atoms with Gasteiger partial charge in [-0.05, 0) is 79.7 Å². The van der Waals surface area contributed by atoms with Crippen molar-refractivity contribution < 1.29 is 27.4 Å². The summed E-state index contributed by atoms with van der Waals surface area (Å²) in [5.41, 5.74) is 1.55.